The number of rotatable bonds is 3. The van der Waals surface area contributed by atoms with Gasteiger partial charge >= 0.3 is 6.03 Å². The van der Waals surface area contributed by atoms with Crippen LogP contribution in [0.1, 0.15) is 28.5 Å². The van der Waals surface area contributed by atoms with Crippen LogP contribution in [-0.2, 0) is 16.8 Å². The van der Waals surface area contributed by atoms with Crippen LogP contribution < -0.4 is 14.7 Å². The number of hydrogen-bond acceptors (Lipinski definition) is 5. The van der Waals surface area contributed by atoms with Crippen LogP contribution in [0.15, 0.2) is 42.5 Å². The number of aromatic nitrogens is 1. The predicted molar refractivity (Wildman–Crippen MR) is 106 cm³/mol. The molecule has 3 heterocycles. The van der Waals surface area contributed by atoms with Gasteiger partial charge in [0.2, 0.25) is 0 Å². The van der Waals surface area contributed by atoms with Crippen LogP contribution >= 0.6 is 0 Å². The van der Waals surface area contributed by atoms with Crippen molar-refractivity contribution in [2.45, 2.75) is 18.9 Å². The summed E-state index contributed by atoms with van der Waals surface area (Å²) >= 11 is 0. The highest BCUT2D eigenvalue weighted by Gasteiger charge is 2.59. The smallest absolute Gasteiger partial charge is 0.332 e. The molecule has 8 nitrogen and oxygen atoms in total. The number of urea groups is 1. The number of carboxylic acids is 1. The maximum atomic E-state index is 13.5. The fourth-order valence-corrected chi connectivity index (χ4v) is 4.52. The highest BCUT2D eigenvalue weighted by molar-refractivity contribution is 6.23. The lowest BCUT2D eigenvalue weighted by Crippen LogP contribution is -2.49. The van der Waals surface area contributed by atoms with Gasteiger partial charge in [-0.25, -0.2) is 9.69 Å². The summed E-state index contributed by atoms with van der Waals surface area (Å²) in [5.74, 6) is -0.975. The van der Waals surface area contributed by atoms with Gasteiger partial charge in [-0.05, 0) is 54.8 Å². The quantitative estimate of drug-likeness (QED) is 0.670. The summed E-state index contributed by atoms with van der Waals surface area (Å²) in [5, 5.41) is 12.0. The van der Waals surface area contributed by atoms with Gasteiger partial charge in [0.25, 0.3) is 5.91 Å². The van der Waals surface area contributed by atoms with E-state index in [0.717, 1.165) is 27.1 Å². The van der Waals surface area contributed by atoms with E-state index in [2.05, 4.69) is 4.98 Å². The molecule has 0 saturated carbocycles. The number of anilines is 1. The van der Waals surface area contributed by atoms with Crippen molar-refractivity contribution in [2.75, 3.05) is 18.6 Å². The fourth-order valence-electron chi connectivity index (χ4n) is 4.52. The molecule has 3 amide bonds. The molecule has 5 rings (SSSR count). The van der Waals surface area contributed by atoms with Crippen LogP contribution in [-0.4, -0.2) is 41.4 Å². The Morgan fingerprint density at radius 3 is 2.57 bits per heavy atom. The van der Waals surface area contributed by atoms with Crippen LogP contribution in [0.2, 0.25) is 0 Å². The molecule has 1 fully saturated rings. The Balaban J connectivity index is 1.62. The van der Waals surface area contributed by atoms with Gasteiger partial charge in [-0.2, -0.15) is 0 Å². The number of benzene rings is 2. The Bertz CT molecular complexity index is 1230. The third-order valence-electron chi connectivity index (χ3n) is 6.13. The number of carbonyl (C=O) groups is 3. The monoisotopic (exact) mass is 404 g/mol. The lowest BCUT2D eigenvalue weighted by atomic mass is 9.87. The van der Waals surface area contributed by atoms with Gasteiger partial charge in [-0.1, -0.05) is 12.1 Å². The zero-order valence-electron chi connectivity index (χ0n) is 16.4. The zero-order chi connectivity index (χ0) is 21.2. The summed E-state index contributed by atoms with van der Waals surface area (Å²) in [5.41, 5.74) is 1.70. The van der Waals surface area contributed by atoms with Crippen molar-refractivity contribution in [3.63, 3.8) is 0 Å². The first-order valence-electron chi connectivity index (χ1n) is 9.53. The summed E-state index contributed by atoms with van der Waals surface area (Å²) in [6.07, 6.45) is 0.606. The fraction of sp³-hybridized carbons (Fsp3) is 0.227. The third-order valence-corrected chi connectivity index (χ3v) is 6.13. The van der Waals surface area contributed by atoms with E-state index in [4.69, 9.17) is 4.74 Å². The van der Waals surface area contributed by atoms with Gasteiger partial charge in [0.15, 0.2) is 5.54 Å². The number of fused-ring (bicyclic) bond motifs is 5. The van der Waals surface area contributed by atoms with Crippen molar-refractivity contribution in [2.24, 2.45) is 0 Å². The number of nitrogens with one attached hydrogen (secondary N) is 1. The molecule has 0 aliphatic carbocycles. The van der Waals surface area contributed by atoms with E-state index in [-0.39, 0.29) is 11.5 Å². The maximum absolute atomic E-state index is 13.5. The average Bonchev–Trinajstić information content (AvgIpc) is 3.21. The number of H-pyrrole nitrogens is 1. The molecule has 152 valence electrons. The number of ether oxygens (including phenoxy) is 1. The van der Waals surface area contributed by atoms with Gasteiger partial charge in [-0.15, -0.1) is 0 Å². The predicted octanol–water partition coefficient (Wildman–Crippen LogP) is 1.78. The van der Waals surface area contributed by atoms with Gasteiger partial charge in [-0.3, -0.25) is 4.79 Å². The minimum Gasteiger partial charge on any atom is -0.545 e. The van der Waals surface area contributed by atoms with Crippen molar-refractivity contribution in [3.05, 3.63) is 59.3 Å². The van der Waals surface area contributed by atoms with Crippen molar-refractivity contribution in [1.29, 1.82) is 0 Å². The second-order valence-corrected chi connectivity index (χ2v) is 7.62. The average molecular weight is 404 g/mol. The van der Waals surface area contributed by atoms with Crippen molar-refractivity contribution >= 4 is 34.5 Å². The second kappa shape index (κ2) is 6.09. The summed E-state index contributed by atoms with van der Waals surface area (Å²) in [7, 11) is 1.60. The van der Waals surface area contributed by atoms with Crippen molar-refractivity contribution in [1.82, 2.24) is 9.88 Å². The summed E-state index contributed by atoms with van der Waals surface area (Å²) < 4.78 is 5.33. The van der Waals surface area contributed by atoms with E-state index in [1.807, 2.05) is 18.2 Å². The number of carbonyl (C=O) groups excluding carboxylic acids is 3. The standard InChI is InChI=1S/C22H19N3O5/c1-22-18-15(16-11-14(30-2)7-8-17(16)23-18)9-10-24(22)21(29)25(20(22)28)13-5-3-12(4-6-13)19(26)27/h3-8,11,23H,9-10H2,1-2H3,(H,26,27)/p-1/t22-/m1/s1. The second-order valence-electron chi connectivity index (χ2n) is 7.62. The minimum atomic E-state index is -1.32. The highest BCUT2D eigenvalue weighted by Crippen LogP contribution is 2.45. The molecule has 3 aromatic rings. The highest BCUT2D eigenvalue weighted by atomic mass is 16.5. The molecule has 1 aromatic heterocycles. The number of methoxy groups -OCH3 is 1. The van der Waals surface area contributed by atoms with Gasteiger partial charge in [0.1, 0.15) is 5.75 Å². The van der Waals surface area contributed by atoms with Crippen LogP contribution in [0, 0.1) is 0 Å². The number of amides is 3. The number of hydrogen-bond donors (Lipinski definition) is 1. The van der Waals surface area contributed by atoms with E-state index in [9.17, 15) is 19.5 Å². The molecule has 1 saturated heterocycles. The molecule has 2 aromatic carbocycles. The summed E-state index contributed by atoms with van der Waals surface area (Å²) in [6, 6.07) is 10.8. The molecule has 0 unspecified atom stereocenters. The third kappa shape index (κ3) is 2.24. The van der Waals surface area contributed by atoms with Gasteiger partial charge < -0.3 is 24.5 Å². The Kier molecular flexibility index (Phi) is 3.70. The van der Waals surface area contributed by atoms with Crippen molar-refractivity contribution < 1.29 is 24.2 Å². The SMILES string of the molecule is COc1ccc2[nH]c3c(c2c1)CCN1C(=O)N(c2ccc(C(=O)[O-])cc2)C(=O)[C@@]31C. The van der Waals surface area contributed by atoms with Crippen LogP contribution in [0.3, 0.4) is 0 Å². The normalized spacial score (nSPS) is 20.5. The number of aromatic carboxylic acids is 1. The molecule has 2 aliphatic rings. The molecular weight excluding hydrogens is 386 g/mol. The van der Waals surface area contributed by atoms with E-state index in [1.165, 1.54) is 24.3 Å². The molecule has 8 heteroatoms. The molecule has 30 heavy (non-hydrogen) atoms. The molecule has 0 radical (unpaired) electrons. The largest absolute Gasteiger partial charge is 0.545 e. The number of nitrogens with zero attached hydrogens (tertiary/aromatic N) is 2. The molecule has 1 N–H and O–H groups in total. The Morgan fingerprint density at radius 1 is 1.17 bits per heavy atom. The zero-order valence-corrected chi connectivity index (χ0v) is 16.4. The minimum absolute atomic E-state index is 0.0198. The topological polar surface area (TPSA) is 106 Å². The summed E-state index contributed by atoms with van der Waals surface area (Å²) in [6.45, 7) is 2.14. The van der Waals surface area contributed by atoms with E-state index in [0.29, 0.717) is 24.3 Å². The maximum Gasteiger partial charge on any atom is 0.332 e. The molecular formula is C22H18N3O5-. The first-order chi connectivity index (χ1) is 14.4. The number of carboxylic acid groups (broad SMARTS) is 1. The molecule has 1 atom stereocenters. The van der Waals surface area contributed by atoms with Gasteiger partial charge in [0, 0.05) is 17.4 Å². The van der Waals surface area contributed by atoms with E-state index >= 15 is 0 Å². The Hall–Kier alpha value is -3.81. The first-order valence-corrected chi connectivity index (χ1v) is 9.53. The molecule has 0 bridgehead atoms. The molecule has 0 spiro atoms. The van der Waals surface area contributed by atoms with Crippen LogP contribution in [0.4, 0.5) is 10.5 Å². The number of imide groups is 1. The Labute approximate surface area is 171 Å². The van der Waals surface area contributed by atoms with Crippen molar-refractivity contribution in [3.8, 4) is 5.75 Å². The Morgan fingerprint density at radius 2 is 1.90 bits per heavy atom. The van der Waals surface area contributed by atoms with Crippen LogP contribution in [0.5, 0.6) is 5.75 Å². The lowest BCUT2D eigenvalue weighted by molar-refractivity contribution is -0.255. The lowest BCUT2D eigenvalue weighted by Gasteiger charge is -2.35. The first kappa shape index (κ1) is 18.2. The summed E-state index contributed by atoms with van der Waals surface area (Å²) in [4.78, 5) is 43.7. The van der Waals surface area contributed by atoms with E-state index < -0.39 is 17.5 Å². The van der Waals surface area contributed by atoms with E-state index in [1.54, 1.807) is 18.9 Å². The van der Waals surface area contributed by atoms with Crippen LogP contribution in [0.25, 0.3) is 10.9 Å². The van der Waals surface area contributed by atoms with Gasteiger partial charge in [0.05, 0.1) is 24.5 Å². The number of aromatic amines is 1. The molecule has 2 aliphatic heterocycles.